The molecule has 0 spiro atoms. The maximum absolute atomic E-state index is 13.7. The van der Waals surface area contributed by atoms with E-state index in [-0.39, 0.29) is 30.1 Å². The highest BCUT2D eigenvalue weighted by atomic mass is 32.1. The van der Waals surface area contributed by atoms with Crippen molar-refractivity contribution in [2.45, 2.75) is 39.5 Å². The molecule has 2 unspecified atom stereocenters. The Bertz CT molecular complexity index is 1400. The number of pyridine rings is 1. The lowest BCUT2D eigenvalue weighted by Crippen LogP contribution is -2.42. The van der Waals surface area contributed by atoms with E-state index in [0.29, 0.717) is 36.9 Å². The number of allylic oxidation sites excluding steroid dienone is 1. The van der Waals surface area contributed by atoms with Crippen molar-refractivity contribution >= 4 is 40.1 Å². The van der Waals surface area contributed by atoms with Crippen molar-refractivity contribution < 1.29 is 19.5 Å². The molecule has 0 aliphatic carbocycles. The average molecular weight is 545 g/mol. The second kappa shape index (κ2) is 11.5. The van der Waals surface area contributed by atoms with Crippen LogP contribution in [-0.4, -0.2) is 45.9 Å². The van der Waals surface area contributed by atoms with Crippen molar-refractivity contribution in [1.82, 2.24) is 9.97 Å². The molecule has 1 fully saturated rings. The van der Waals surface area contributed by atoms with Crippen LogP contribution in [-0.2, 0) is 14.4 Å². The van der Waals surface area contributed by atoms with E-state index in [4.69, 9.17) is 4.98 Å². The molecule has 5 rings (SSSR count). The van der Waals surface area contributed by atoms with Crippen LogP contribution in [0, 0.1) is 17.8 Å². The number of aliphatic carboxylic acids is 1. The fourth-order valence-corrected chi connectivity index (χ4v) is 6.31. The average Bonchev–Trinajstić information content (AvgIpc) is 3.58. The predicted octanol–water partition coefficient (Wildman–Crippen LogP) is 5.65. The van der Waals surface area contributed by atoms with Gasteiger partial charge < -0.3 is 5.11 Å². The van der Waals surface area contributed by atoms with Crippen LogP contribution >= 0.6 is 11.3 Å². The summed E-state index contributed by atoms with van der Waals surface area (Å²) in [6.45, 7) is 5.12. The number of amides is 2. The van der Waals surface area contributed by atoms with Gasteiger partial charge in [0.2, 0.25) is 11.8 Å². The van der Waals surface area contributed by atoms with Crippen molar-refractivity contribution in [3.05, 3.63) is 60.1 Å². The fraction of sp³-hybridized carbons (Fsp3) is 0.367. The van der Waals surface area contributed by atoms with Gasteiger partial charge in [0.15, 0.2) is 5.13 Å². The molecule has 1 saturated heterocycles. The van der Waals surface area contributed by atoms with Crippen LogP contribution in [0.15, 0.2) is 60.1 Å². The van der Waals surface area contributed by atoms with Gasteiger partial charge in [-0.1, -0.05) is 50.3 Å². The molecule has 2 amide bonds. The van der Waals surface area contributed by atoms with Gasteiger partial charge in [0.25, 0.3) is 0 Å². The lowest BCUT2D eigenvalue weighted by Gasteiger charge is -2.33. The summed E-state index contributed by atoms with van der Waals surface area (Å²) in [5.41, 5.74) is 3.49. The normalized spacial score (nSPS) is 20.0. The Hall–Kier alpha value is -3.85. The minimum absolute atomic E-state index is 0.0564. The minimum atomic E-state index is -0.967. The summed E-state index contributed by atoms with van der Waals surface area (Å²) in [6.07, 6.45) is 7.70. The highest BCUT2D eigenvalue weighted by Gasteiger charge is 2.36. The number of hydrogen-bond acceptors (Lipinski definition) is 6. The summed E-state index contributed by atoms with van der Waals surface area (Å²) in [5.74, 6) is -0.890. The Labute approximate surface area is 232 Å². The van der Waals surface area contributed by atoms with E-state index in [0.717, 1.165) is 28.8 Å². The Morgan fingerprint density at radius 2 is 1.90 bits per heavy atom. The van der Waals surface area contributed by atoms with Crippen LogP contribution in [0.5, 0.6) is 0 Å². The molecule has 1 aromatic carbocycles. The van der Waals surface area contributed by atoms with Gasteiger partial charge >= 0.3 is 5.97 Å². The van der Waals surface area contributed by atoms with E-state index in [2.05, 4.69) is 11.1 Å². The molecule has 2 aromatic heterocycles. The number of benzene rings is 1. The number of carboxylic acid groups (broad SMARTS) is 1. The molecule has 8 nitrogen and oxygen atoms in total. The molecular weight excluding hydrogens is 512 g/mol. The van der Waals surface area contributed by atoms with E-state index in [1.165, 1.54) is 11.3 Å². The number of thiazole rings is 1. The fourth-order valence-electron chi connectivity index (χ4n) is 5.47. The molecule has 2 aliphatic heterocycles. The van der Waals surface area contributed by atoms with Gasteiger partial charge in [-0.25, -0.2) is 9.97 Å². The second-order valence-corrected chi connectivity index (χ2v) is 11.2. The lowest BCUT2D eigenvalue weighted by atomic mass is 9.78. The number of carbonyl (C=O) groups is 3. The van der Waals surface area contributed by atoms with Crippen LogP contribution in [0.4, 0.5) is 10.9 Å². The lowest BCUT2D eigenvalue weighted by molar-refractivity contribution is -0.142. The van der Waals surface area contributed by atoms with Gasteiger partial charge in [-0.15, -0.1) is 11.3 Å². The second-order valence-electron chi connectivity index (χ2n) is 10.4. The molecule has 2 aliphatic rings. The van der Waals surface area contributed by atoms with Crippen molar-refractivity contribution in [3.8, 4) is 22.4 Å². The van der Waals surface area contributed by atoms with Crippen LogP contribution < -0.4 is 9.80 Å². The van der Waals surface area contributed by atoms with Gasteiger partial charge in [0, 0.05) is 42.2 Å². The van der Waals surface area contributed by atoms with Gasteiger partial charge in [0.1, 0.15) is 5.82 Å². The first-order valence-electron chi connectivity index (χ1n) is 13.3. The number of rotatable bonds is 7. The van der Waals surface area contributed by atoms with Crippen LogP contribution in [0.25, 0.3) is 22.4 Å². The number of carbonyl (C=O) groups excluding carboxylic acids is 2. The van der Waals surface area contributed by atoms with Gasteiger partial charge in [0.05, 0.1) is 18.0 Å². The number of anilines is 2. The third-order valence-corrected chi connectivity index (χ3v) is 8.41. The molecule has 39 heavy (non-hydrogen) atoms. The maximum Gasteiger partial charge on any atom is 0.304 e. The van der Waals surface area contributed by atoms with Gasteiger partial charge in [-0.05, 0) is 42.4 Å². The van der Waals surface area contributed by atoms with Crippen LogP contribution in [0.1, 0.15) is 39.5 Å². The van der Waals surface area contributed by atoms with Gasteiger partial charge in [-0.2, -0.15) is 0 Å². The highest BCUT2D eigenvalue weighted by molar-refractivity contribution is 7.14. The quantitative estimate of drug-likeness (QED) is 0.385. The predicted molar refractivity (Wildman–Crippen MR) is 153 cm³/mol. The molecular formula is C30H32N4O4S. The zero-order valence-electron chi connectivity index (χ0n) is 22.1. The third-order valence-electron chi connectivity index (χ3n) is 7.55. The van der Waals surface area contributed by atoms with Crippen LogP contribution in [0.3, 0.4) is 0 Å². The smallest absolute Gasteiger partial charge is 0.304 e. The Morgan fingerprint density at radius 1 is 1.10 bits per heavy atom. The standard InChI is InChI=1S/C30H32N4O4S/c1-19(2)21-8-5-6-14-34(29(38)24(21)16-28(36)37)30-32-25(18-39-30)23-10-4-3-9-22(23)20-12-13-26(31-17-20)33-15-7-11-27(33)35/h3-6,9-10,12-13,17-19,21,24H,7-8,11,14-16H2,1-2H3,(H,36,37). The Balaban J connectivity index is 1.44. The zero-order valence-corrected chi connectivity index (χ0v) is 22.9. The largest absolute Gasteiger partial charge is 0.481 e. The molecule has 3 aromatic rings. The molecule has 0 saturated carbocycles. The van der Waals surface area contributed by atoms with E-state index in [1.54, 1.807) is 16.0 Å². The Morgan fingerprint density at radius 3 is 2.56 bits per heavy atom. The molecule has 9 heteroatoms. The first-order valence-corrected chi connectivity index (χ1v) is 14.2. The summed E-state index contributed by atoms with van der Waals surface area (Å²) in [7, 11) is 0. The van der Waals surface area contributed by atoms with E-state index >= 15 is 0 Å². The topological polar surface area (TPSA) is 104 Å². The van der Waals surface area contributed by atoms with E-state index in [9.17, 15) is 19.5 Å². The SMILES string of the molecule is CC(C)C1CC=CCN(c2nc(-c3ccccc3-c3ccc(N4CCCC4=O)nc3)cs2)C(=O)C1CC(=O)O. The monoisotopic (exact) mass is 544 g/mol. The number of aromatic nitrogens is 2. The molecule has 0 bridgehead atoms. The highest BCUT2D eigenvalue weighted by Crippen LogP contribution is 2.37. The molecule has 202 valence electrons. The van der Waals surface area contributed by atoms with Crippen LogP contribution in [0.2, 0.25) is 0 Å². The molecule has 4 heterocycles. The molecule has 1 N–H and O–H groups in total. The minimum Gasteiger partial charge on any atom is -0.481 e. The van der Waals surface area contributed by atoms with Crippen molar-refractivity contribution in [1.29, 1.82) is 0 Å². The Kier molecular flexibility index (Phi) is 7.88. The molecule has 2 atom stereocenters. The van der Waals surface area contributed by atoms with Crippen molar-refractivity contribution in [2.75, 3.05) is 22.9 Å². The van der Waals surface area contributed by atoms with Crippen molar-refractivity contribution in [2.24, 2.45) is 17.8 Å². The third kappa shape index (κ3) is 5.63. The van der Waals surface area contributed by atoms with E-state index < -0.39 is 11.9 Å². The summed E-state index contributed by atoms with van der Waals surface area (Å²) in [4.78, 5) is 50.2. The molecule has 0 radical (unpaired) electrons. The van der Waals surface area contributed by atoms with E-state index in [1.807, 2.05) is 61.7 Å². The first kappa shape index (κ1) is 26.7. The number of hydrogen-bond donors (Lipinski definition) is 1. The number of nitrogens with zero attached hydrogens (tertiary/aromatic N) is 4. The van der Waals surface area contributed by atoms with Crippen molar-refractivity contribution in [3.63, 3.8) is 0 Å². The first-order chi connectivity index (χ1) is 18.8. The maximum atomic E-state index is 13.7. The summed E-state index contributed by atoms with van der Waals surface area (Å²) >= 11 is 1.38. The summed E-state index contributed by atoms with van der Waals surface area (Å²) in [6, 6.07) is 11.7. The summed E-state index contributed by atoms with van der Waals surface area (Å²) < 4.78 is 0. The zero-order chi connectivity index (χ0) is 27.5. The number of carboxylic acids is 1. The van der Waals surface area contributed by atoms with Gasteiger partial charge in [-0.3, -0.25) is 24.2 Å². The summed E-state index contributed by atoms with van der Waals surface area (Å²) in [5, 5.41) is 12.0.